The Bertz CT molecular complexity index is 912. The number of aromatic nitrogens is 2. The zero-order valence-electron chi connectivity index (χ0n) is 14.3. The minimum absolute atomic E-state index is 0.0344. The Kier molecular flexibility index (Phi) is 5.20. The Hall–Kier alpha value is -2.90. The highest BCUT2D eigenvalue weighted by atomic mass is 19.3. The standard InChI is InChI=1S/C18H18F3N3O2/c1-3-24-14-6-5-12(19)9-13(14)23-18(24)22-10-11-4-7-15(25-2)16(8-11)26-17(20)21/h4-9,17H,3,10H2,1-2H3,(H,22,23). The van der Waals surface area contributed by atoms with Gasteiger partial charge in [0, 0.05) is 19.2 Å². The number of nitrogens with one attached hydrogen (secondary N) is 1. The van der Waals surface area contributed by atoms with Crippen LogP contribution in [0.2, 0.25) is 0 Å². The molecule has 138 valence electrons. The van der Waals surface area contributed by atoms with E-state index in [0.29, 0.717) is 30.1 Å². The van der Waals surface area contributed by atoms with Crippen molar-refractivity contribution < 1.29 is 22.6 Å². The van der Waals surface area contributed by atoms with Crippen molar-refractivity contribution in [2.45, 2.75) is 26.6 Å². The third-order valence-electron chi connectivity index (χ3n) is 3.92. The van der Waals surface area contributed by atoms with Crippen LogP contribution in [0.3, 0.4) is 0 Å². The second-order valence-corrected chi connectivity index (χ2v) is 5.53. The summed E-state index contributed by atoms with van der Waals surface area (Å²) in [6, 6.07) is 9.21. The SMILES string of the molecule is CCn1c(NCc2ccc(OC)c(OC(F)F)c2)nc2cc(F)ccc21. The first-order chi connectivity index (χ1) is 12.5. The Labute approximate surface area is 148 Å². The topological polar surface area (TPSA) is 48.3 Å². The number of ether oxygens (including phenoxy) is 2. The molecule has 0 fully saturated rings. The van der Waals surface area contributed by atoms with E-state index in [2.05, 4.69) is 15.0 Å². The second-order valence-electron chi connectivity index (χ2n) is 5.53. The van der Waals surface area contributed by atoms with E-state index in [0.717, 1.165) is 5.52 Å². The average Bonchev–Trinajstić information content (AvgIpc) is 2.96. The highest BCUT2D eigenvalue weighted by Gasteiger charge is 2.13. The zero-order valence-corrected chi connectivity index (χ0v) is 14.3. The summed E-state index contributed by atoms with van der Waals surface area (Å²) in [5.74, 6) is 0.409. The van der Waals surface area contributed by atoms with E-state index < -0.39 is 6.61 Å². The van der Waals surface area contributed by atoms with Crippen LogP contribution in [-0.2, 0) is 13.1 Å². The number of hydrogen-bond donors (Lipinski definition) is 1. The third kappa shape index (κ3) is 3.68. The maximum Gasteiger partial charge on any atom is 0.387 e. The number of aryl methyl sites for hydroxylation is 1. The molecule has 0 spiro atoms. The van der Waals surface area contributed by atoms with Crippen molar-refractivity contribution in [1.82, 2.24) is 9.55 Å². The van der Waals surface area contributed by atoms with Gasteiger partial charge in [-0.15, -0.1) is 0 Å². The lowest BCUT2D eigenvalue weighted by atomic mass is 10.2. The molecule has 26 heavy (non-hydrogen) atoms. The van der Waals surface area contributed by atoms with E-state index in [9.17, 15) is 13.2 Å². The molecule has 0 saturated carbocycles. The number of imidazole rings is 1. The Morgan fingerprint density at radius 1 is 1.15 bits per heavy atom. The van der Waals surface area contributed by atoms with Gasteiger partial charge in [0.1, 0.15) is 5.82 Å². The van der Waals surface area contributed by atoms with Crippen molar-refractivity contribution >= 4 is 17.0 Å². The van der Waals surface area contributed by atoms with Gasteiger partial charge in [-0.05, 0) is 36.8 Å². The number of methoxy groups -OCH3 is 1. The molecule has 3 rings (SSSR count). The van der Waals surface area contributed by atoms with Crippen LogP contribution in [0.1, 0.15) is 12.5 Å². The van der Waals surface area contributed by atoms with Crippen LogP contribution in [0.5, 0.6) is 11.5 Å². The van der Waals surface area contributed by atoms with Crippen molar-refractivity contribution in [3.05, 3.63) is 47.8 Å². The molecule has 0 aliphatic heterocycles. The number of benzene rings is 2. The molecule has 1 aromatic heterocycles. The minimum atomic E-state index is -2.94. The molecule has 0 bridgehead atoms. The lowest BCUT2D eigenvalue weighted by molar-refractivity contribution is -0.0512. The summed E-state index contributed by atoms with van der Waals surface area (Å²) in [6.07, 6.45) is 0. The maximum atomic E-state index is 13.4. The molecule has 0 radical (unpaired) electrons. The number of fused-ring (bicyclic) bond motifs is 1. The fraction of sp³-hybridized carbons (Fsp3) is 0.278. The number of halogens is 3. The predicted octanol–water partition coefficient (Wildman–Crippen LogP) is 4.42. The molecule has 0 aliphatic carbocycles. The number of nitrogens with zero attached hydrogens (tertiary/aromatic N) is 2. The van der Waals surface area contributed by atoms with Gasteiger partial charge in [-0.1, -0.05) is 6.07 Å². The number of anilines is 1. The van der Waals surface area contributed by atoms with Crippen LogP contribution < -0.4 is 14.8 Å². The Balaban J connectivity index is 1.83. The van der Waals surface area contributed by atoms with Gasteiger partial charge < -0.3 is 19.4 Å². The van der Waals surface area contributed by atoms with Crippen molar-refractivity contribution in [2.24, 2.45) is 0 Å². The van der Waals surface area contributed by atoms with Gasteiger partial charge in [-0.2, -0.15) is 8.78 Å². The van der Waals surface area contributed by atoms with E-state index in [-0.39, 0.29) is 17.3 Å². The first-order valence-electron chi connectivity index (χ1n) is 8.03. The normalized spacial score (nSPS) is 11.2. The van der Waals surface area contributed by atoms with Crippen molar-refractivity contribution in [1.29, 1.82) is 0 Å². The van der Waals surface area contributed by atoms with Crippen LogP contribution in [0, 0.1) is 5.82 Å². The summed E-state index contributed by atoms with van der Waals surface area (Å²) in [5.41, 5.74) is 2.07. The number of hydrogen-bond acceptors (Lipinski definition) is 4. The van der Waals surface area contributed by atoms with E-state index in [1.165, 1.54) is 25.3 Å². The molecule has 0 aliphatic rings. The molecule has 0 saturated heterocycles. The Morgan fingerprint density at radius 2 is 1.96 bits per heavy atom. The van der Waals surface area contributed by atoms with E-state index in [1.807, 2.05) is 11.5 Å². The smallest absolute Gasteiger partial charge is 0.387 e. The summed E-state index contributed by atoms with van der Waals surface area (Å²) in [6.45, 7) is -0.00822. The molecular formula is C18H18F3N3O2. The lowest BCUT2D eigenvalue weighted by Gasteiger charge is -2.13. The summed E-state index contributed by atoms with van der Waals surface area (Å²) >= 11 is 0. The van der Waals surface area contributed by atoms with Gasteiger partial charge >= 0.3 is 6.61 Å². The lowest BCUT2D eigenvalue weighted by Crippen LogP contribution is -2.08. The predicted molar refractivity (Wildman–Crippen MR) is 92.3 cm³/mol. The fourth-order valence-corrected chi connectivity index (χ4v) is 2.76. The quantitative estimate of drug-likeness (QED) is 0.673. The van der Waals surface area contributed by atoms with E-state index in [1.54, 1.807) is 18.2 Å². The minimum Gasteiger partial charge on any atom is -0.493 e. The zero-order chi connectivity index (χ0) is 18.7. The van der Waals surface area contributed by atoms with Gasteiger partial charge in [0.15, 0.2) is 11.5 Å². The molecule has 2 aromatic carbocycles. The molecule has 0 atom stereocenters. The van der Waals surface area contributed by atoms with Gasteiger partial charge in [-0.25, -0.2) is 9.37 Å². The molecule has 0 amide bonds. The highest BCUT2D eigenvalue weighted by Crippen LogP contribution is 2.30. The number of rotatable bonds is 7. The third-order valence-corrected chi connectivity index (χ3v) is 3.92. The summed E-state index contributed by atoms with van der Waals surface area (Å²) < 4.78 is 49.9. The van der Waals surface area contributed by atoms with Crippen LogP contribution in [0.25, 0.3) is 11.0 Å². The van der Waals surface area contributed by atoms with Gasteiger partial charge in [0.05, 0.1) is 18.1 Å². The molecule has 0 unspecified atom stereocenters. The van der Waals surface area contributed by atoms with Gasteiger partial charge in [0.2, 0.25) is 5.95 Å². The van der Waals surface area contributed by atoms with Crippen molar-refractivity contribution in [3.63, 3.8) is 0 Å². The molecule has 5 nitrogen and oxygen atoms in total. The second kappa shape index (κ2) is 7.55. The first-order valence-corrected chi connectivity index (χ1v) is 8.03. The van der Waals surface area contributed by atoms with E-state index >= 15 is 0 Å². The average molecular weight is 365 g/mol. The fourth-order valence-electron chi connectivity index (χ4n) is 2.76. The van der Waals surface area contributed by atoms with Crippen molar-refractivity contribution in [2.75, 3.05) is 12.4 Å². The first kappa shape index (κ1) is 17.9. The van der Waals surface area contributed by atoms with E-state index in [4.69, 9.17) is 4.74 Å². The highest BCUT2D eigenvalue weighted by molar-refractivity contribution is 5.78. The van der Waals surface area contributed by atoms with Crippen LogP contribution in [0.15, 0.2) is 36.4 Å². The molecular weight excluding hydrogens is 347 g/mol. The summed E-state index contributed by atoms with van der Waals surface area (Å²) in [7, 11) is 1.38. The molecule has 1 N–H and O–H groups in total. The Morgan fingerprint density at radius 3 is 2.65 bits per heavy atom. The molecule has 8 heteroatoms. The van der Waals surface area contributed by atoms with Crippen LogP contribution in [-0.4, -0.2) is 23.3 Å². The monoisotopic (exact) mass is 365 g/mol. The number of alkyl halides is 2. The summed E-state index contributed by atoms with van der Waals surface area (Å²) in [4.78, 5) is 4.40. The maximum absolute atomic E-state index is 13.4. The van der Waals surface area contributed by atoms with Crippen LogP contribution >= 0.6 is 0 Å². The van der Waals surface area contributed by atoms with Crippen LogP contribution in [0.4, 0.5) is 19.1 Å². The largest absolute Gasteiger partial charge is 0.493 e. The summed E-state index contributed by atoms with van der Waals surface area (Å²) in [5, 5.41) is 3.15. The molecule has 1 heterocycles. The van der Waals surface area contributed by atoms with Crippen molar-refractivity contribution in [3.8, 4) is 11.5 Å². The molecule has 3 aromatic rings. The van der Waals surface area contributed by atoms with Gasteiger partial charge in [0.25, 0.3) is 0 Å². The van der Waals surface area contributed by atoms with Gasteiger partial charge in [-0.3, -0.25) is 0 Å².